The molecule has 0 saturated heterocycles. The molecular weight excluding hydrogens is 711 g/mol. The second kappa shape index (κ2) is 12.8. The molecule has 0 N–H and O–H groups in total. The summed E-state index contributed by atoms with van der Waals surface area (Å²) in [6.07, 6.45) is 0. The van der Waals surface area contributed by atoms with E-state index in [4.69, 9.17) is 23.8 Å². The third kappa shape index (κ3) is 5.29. The monoisotopic (exact) mass is 741 g/mol. The predicted molar refractivity (Wildman–Crippen MR) is 237 cm³/mol. The number of aromatic nitrogens is 3. The van der Waals surface area contributed by atoms with Gasteiger partial charge in [0.1, 0.15) is 22.3 Å². The average molecular weight is 742 g/mol. The number of hydrogen-bond donors (Lipinski definition) is 0. The minimum atomic E-state index is 0.598. The maximum atomic E-state index is 6.25. The Hall–Kier alpha value is -7.89. The first kappa shape index (κ1) is 32.4. The minimum absolute atomic E-state index is 0.598. The van der Waals surface area contributed by atoms with E-state index in [1.165, 1.54) is 5.56 Å². The highest BCUT2D eigenvalue weighted by Crippen LogP contribution is 2.39. The van der Waals surface area contributed by atoms with Crippen molar-refractivity contribution in [2.75, 3.05) is 0 Å². The number of fused-ring (bicyclic) bond motifs is 9. The van der Waals surface area contributed by atoms with Crippen LogP contribution >= 0.6 is 0 Å². The van der Waals surface area contributed by atoms with Crippen molar-refractivity contribution in [3.63, 3.8) is 0 Å². The third-order valence-electron chi connectivity index (χ3n) is 11.3. The zero-order valence-corrected chi connectivity index (χ0v) is 31.1. The van der Waals surface area contributed by atoms with Crippen LogP contribution in [0.15, 0.2) is 197 Å². The van der Waals surface area contributed by atoms with Gasteiger partial charge in [0.2, 0.25) is 0 Å². The van der Waals surface area contributed by atoms with Gasteiger partial charge in [0, 0.05) is 38.2 Å². The van der Waals surface area contributed by atoms with Gasteiger partial charge in [0.15, 0.2) is 17.5 Å². The molecule has 0 aliphatic rings. The summed E-state index contributed by atoms with van der Waals surface area (Å²) >= 11 is 0. The van der Waals surface area contributed by atoms with E-state index >= 15 is 0 Å². The zero-order chi connectivity index (χ0) is 38.2. The normalized spacial score (nSPS) is 11.8. The zero-order valence-electron chi connectivity index (χ0n) is 31.1. The molecule has 12 aromatic rings. The van der Waals surface area contributed by atoms with Crippen molar-refractivity contribution in [2.24, 2.45) is 0 Å². The van der Waals surface area contributed by atoms with Crippen molar-refractivity contribution in [3.05, 3.63) is 188 Å². The topological polar surface area (TPSA) is 65.0 Å². The van der Waals surface area contributed by atoms with Gasteiger partial charge in [-0.1, -0.05) is 140 Å². The Morgan fingerprint density at radius 2 is 0.793 bits per heavy atom. The van der Waals surface area contributed by atoms with Gasteiger partial charge in [-0.15, -0.1) is 0 Å². The molecule has 0 fully saturated rings. The fourth-order valence-corrected chi connectivity index (χ4v) is 8.49. The first-order valence-corrected chi connectivity index (χ1v) is 19.4. The van der Waals surface area contributed by atoms with E-state index in [2.05, 4.69) is 152 Å². The lowest BCUT2D eigenvalue weighted by atomic mass is 9.97. The number of rotatable bonds is 5. The molecule has 0 aliphatic heterocycles. The Balaban J connectivity index is 1.04. The van der Waals surface area contributed by atoms with Crippen molar-refractivity contribution in [2.45, 2.75) is 0 Å². The summed E-state index contributed by atoms with van der Waals surface area (Å²) in [6, 6.07) is 65.2. The molecule has 9 aromatic carbocycles. The summed E-state index contributed by atoms with van der Waals surface area (Å²) in [7, 11) is 0. The Kier molecular flexibility index (Phi) is 7.16. The lowest BCUT2D eigenvalue weighted by Crippen LogP contribution is -2.00. The highest BCUT2D eigenvalue weighted by molar-refractivity contribution is 6.19. The Morgan fingerprint density at radius 3 is 1.55 bits per heavy atom. The van der Waals surface area contributed by atoms with E-state index in [-0.39, 0.29) is 0 Å². The number of hydrogen-bond acceptors (Lipinski definition) is 5. The maximum absolute atomic E-state index is 6.25. The van der Waals surface area contributed by atoms with Crippen molar-refractivity contribution >= 4 is 65.4 Å². The number of furan rings is 2. The molecule has 3 aromatic heterocycles. The van der Waals surface area contributed by atoms with E-state index in [9.17, 15) is 0 Å². The predicted octanol–water partition coefficient (Wildman–Crippen LogP) is 14.3. The maximum Gasteiger partial charge on any atom is 0.164 e. The third-order valence-corrected chi connectivity index (χ3v) is 11.3. The molecule has 0 saturated carbocycles. The van der Waals surface area contributed by atoms with Crippen LogP contribution < -0.4 is 0 Å². The van der Waals surface area contributed by atoms with Crippen molar-refractivity contribution < 1.29 is 8.83 Å². The van der Waals surface area contributed by atoms with Crippen LogP contribution in [-0.4, -0.2) is 15.0 Å². The highest BCUT2D eigenvalue weighted by Gasteiger charge is 2.18. The Morgan fingerprint density at radius 1 is 0.276 bits per heavy atom. The smallest absolute Gasteiger partial charge is 0.164 e. The Bertz CT molecular complexity index is 3580. The Labute approximate surface area is 332 Å². The summed E-state index contributed by atoms with van der Waals surface area (Å²) in [6.45, 7) is 0. The van der Waals surface area contributed by atoms with E-state index in [0.29, 0.717) is 17.5 Å². The van der Waals surface area contributed by atoms with E-state index in [1.54, 1.807) is 0 Å². The average Bonchev–Trinajstić information content (AvgIpc) is 3.88. The van der Waals surface area contributed by atoms with Crippen LogP contribution in [0.3, 0.4) is 0 Å². The lowest BCUT2D eigenvalue weighted by Gasteiger charge is -2.11. The van der Waals surface area contributed by atoms with Gasteiger partial charge in [-0.3, -0.25) is 0 Å². The largest absolute Gasteiger partial charge is 0.456 e. The van der Waals surface area contributed by atoms with Gasteiger partial charge in [-0.25, -0.2) is 15.0 Å². The molecule has 0 radical (unpaired) electrons. The molecule has 58 heavy (non-hydrogen) atoms. The number of benzene rings is 9. The molecule has 0 aliphatic carbocycles. The van der Waals surface area contributed by atoms with Crippen molar-refractivity contribution in [1.82, 2.24) is 15.0 Å². The molecule has 5 nitrogen and oxygen atoms in total. The molecule has 0 bridgehead atoms. The highest BCUT2D eigenvalue weighted by atomic mass is 16.3. The molecule has 0 spiro atoms. The van der Waals surface area contributed by atoms with Crippen LogP contribution in [0.2, 0.25) is 0 Å². The standard InChI is InChI=1S/C53H31N3O2/c1-2-10-32(11-3-1)34-22-20-33-21-23-38(31-40(33)28-34)52-54-51(37-13-8-12-35(29-37)41-16-9-19-47-49(41)43-14-4-6-17-45(43)57-47)55-53(56-52)39-24-26-42-36(30-39)25-27-48-50(42)44-15-5-7-18-46(44)58-48/h1-31H. The molecule has 0 unspecified atom stereocenters. The molecular formula is C53H31N3O2. The van der Waals surface area contributed by atoms with Crippen LogP contribution in [0.25, 0.3) is 122 Å². The summed E-state index contributed by atoms with van der Waals surface area (Å²) in [5, 5.41) is 8.87. The van der Waals surface area contributed by atoms with Crippen molar-refractivity contribution in [3.8, 4) is 56.4 Å². The number of para-hydroxylation sites is 2. The molecule has 12 rings (SSSR count). The summed E-state index contributed by atoms with van der Waals surface area (Å²) in [5.41, 5.74) is 10.7. The molecule has 5 heteroatoms. The number of nitrogens with zero attached hydrogens (tertiary/aromatic N) is 3. The van der Waals surface area contributed by atoms with Gasteiger partial charge in [0.05, 0.1) is 0 Å². The van der Waals surface area contributed by atoms with Crippen LogP contribution in [0.1, 0.15) is 0 Å². The van der Waals surface area contributed by atoms with Gasteiger partial charge >= 0.3 is 0 Å². The van der Waals surface area contributed by atoms with Gasteiger partial charge in [0.25, 0.3) is 0 Å². The summed E-state index contributed by atoms with van der Waals surface area (Å²) in [5.74, 6) is 1.81. The van der Waals surface area contributed by atoms with Crippen molar-refractivity contribution in [1.29, 1.82) is 0 Å². The van der Waals surface area contributed by atoms with E-state index in [0.717, 1.165) is 98.8 Å². The van der Waals surface area contributed by atoms with E-state index < -0.39 is 0 Å². The molecule has 0 atom stereocenters. The fourth-order valence-electron chi connectivity index (χ4n) is 8.49. The van der Waals surface area contributed by atoms with Crippen LogP contribution in [0.5, 0.6) is 0 Å². The van der Waals surface area contributed by atoms with Crippen LogP contribution in [-0.2, 0) is 0 Å². The first-order valence-electron chi connectivity index (χ1n) is 19.4. The van der Waals surface area contributed by atoms with E-state index in [1.807, 2.05) is 36.4 Å². The molecule has 270 valence electrons. The van der Waals surface area contributed by atoms with Crippen LogP contribution in [0.4, 0.5) is 0 Å². The second-order valence-electron chi connectivity index (χ2n) is 14.8. The van der Waals surface area contributed by atoms with Crippen LogP contribution in [0, 0.1) is 0 Å². The lowest BCUT2D eigenvalue weighted by molar-refractivity contribution is 0.668. The van der Waals surface area contributed by atoms with Gasteiger partial charge < -0.3 is 8.83 Å². The second-order valence-corrected chi connectivity index (χ2v) is 14.8. The quantitative estimate of drug-likeness (QED) is 0.176. The summed E-state index contributed by atoms with van der Waals surface area (Å²) in [4.78, 5) is 15.6. The minimum Gasteiger partial charge on any atom is -0.456 e. The molecule has 3 heterocycles. The van der Waals surface area contributed by atoms with Gasteiger partial charge in [-0.05, 0) is 92.3 Å². The first-order chi connectivity index (χ1) is 28.7. The SMILES string of the molecule is c1ccc(-c2ccc3ccc(-c4nc(-c5cccc(-c6cccc7oc8ccccc8c67)c5)nc(-c5ccc6c(ccc7oc8ccccc8c76)c5)n4)cc3c2)cc1. The van der Waals surface area contributed by atoms with Gasteiger partial charge in [-0.2, -0.15) is 0 Å². The summed E-state index contributed by atoms with van der Waals surface area (Å²) < 4.78 is 12.5. The molecule has 0 amide bonds. The fraction of sp³-hybridized carbons (Fsp3) is 0.